The van der Waals surface area contributed by atoms with E-state index >= 15 is 0 Å². The molecular weight excluding hydrogens is 312 g/mol. The van der Waals surface area contributed by atoms with E-state index in [2.05, 4.69) is 37.1 Å². The first-order valence-corrected chi connectivity index (χ1v) is 7.68. The molecule has 0 aliphatic heterocycles. The smallest absolute Gasteiger partial charge is 0.219 e. The van der Waals surface area contributed by atoms with Crippen LogP contribution in [0.3, 0.4) is 0 Å². The topological polar surface area (TPSA) is 92.5 Å². The zero-order valence-electron chi connectivity index (χ0n) is 13.2. The van der Waals surface area contributed by atoms with E-state index in [1.165, 1.54) is 0 Å². The molecule has 2 aromatic heterocycles. The molecule has 4 N–H and O–H groups in total. The Morgan fingerprint density at radius 1 is 0.880 bits per heavy atom. The third-order valence-corrected chi connectivity index (χ3v) is 3.56. The van der Waals surface area contributed by atoms with Crippen LogP contribution >= 0.6 is 0 Å². The Bertz CT molecular complexity index is 1040. The maximum Gasteiger partial charge on any atom is 0.219 e. The maximum absolute atomic E-state index is 5.45. The summed E-state index contributed by atoms with van der Waals surface area (Å²) in [4.78, 5) is 15.6. The van der Waals surface area contributed by atoms with E-state index in [0.717, 1.165) is 27.8 Å². The fourth-order valence-electron chi connectivity index (χ4n) is 2.33. The van der Waals surface area contributed by atoms with Crippen molar-refractivity contribution in [2.75, 3.05) is 11.1 Å². The van der Waals surface area contributed by atoms with Crippen molar-refractivity contribution in [1.82, 2.24) is 19.9 Å². The van der Waals surface area contributed by atoms with Crippen molar-refractivity contribution in [3.05, 3.63) is 72.1 Å². The van der Waals surface area contributed by atoms with Crippen LogP contribution in [0.1, 0.15) is 11.1 Å². The minimum absolute atomic E-state index is 0.242. The Balaban J connectivity index is 1.49. The van der Waals surface area contributed by atoms with Crippen LogP contribution in [0.5, 0.6) is 0 Å². The number of nitrogens with one attached hydrogen (secondary N) is 2. The van der Waals surface area contributed by atoms with Gasteiger partial charge in [-0.05, 0) is 36.4 Å². The van der Waals surface area contributed by atoms with Gasteiger partial charge in [0.1, 0.15) is 0 Å². The minimum atomic E-state index is 0.242. The average molecular weight is 326 g/mol. The predicted molar refractivity (Wildman–Crippen MR) is 98.2 cm³/mol. The molecule has 120 valence electrons. The van der Waals surface area contributed by atoms with Crippen LogP contribution < -0.4 is 11.1 Å². The number of H-pyrrole nitrogens is 1. The lowest BCUT2D eigenvalue weighted by Crippen LogP contribution is -1.93. The summed E-state index contributed by atoms with van der Waals surface area (Å²) in [5.74, 6) is 7.03. The van der Waals surface area contributed by atoms with Crippen LogP contribution in [0.2, 0.25) is 0 Å². The minimum Gasteiger partial charge on any atom is -0.368 e. The molecule has 2 aromatic carbocycles. The Labute approximate surface area is 144 Å². The van der Waals surface area contributed by atoms with Gasteiger partial charge in [0.25, 0.3) is 0 Å². The molecule has 0 fully saturated rings. The maximum atomic E-state index is 5.45. The van der Waals surface area contributed by atoms with Crippen molar-refractivity contribution >= 4 is 28.6 Å². The summed E-state index contributed by atoms with van der Waals surface area (Å²) in [5, 5.41) is 3.25. The number of fused-ring (bicyclic) bond motifs is 1. The lowest BCUT2D eigenvalue weighted by molar-refractivity contribution is 1.17. The highest BCUT2D eigenvalue weighted by Crippen LogP contribution is 2.18. The summed E-state index contributed by atoms with van der Waals surface area (Å²) < 4.78 is 0. The number of nitrogens with two attached hydrogens (primary N) is 1. The zero-order valence-corrected chi connectivity index (χ0v) is 13.2. The molecule has 0 spiro atoms. The number of hydrogen-bond donors (Lipinski definition) is 3. The van der Waals surface area contributed by atoms with Crippen molar-refractivity contribution in [3.63, 3.8) is 0 Å². The fraction of sp³-hybridized carbons (Fsp3) is 0. The van der Waals surface area contributed by atoms with Gasteiger partial charge in [-0.25, -0.2) is 15.0 Å². The molecule has 0 saturated carbocycles. The Hall–Kier alpha value is -3.85. The number of para-hydroxylation sites is 2. The second kappa shape index (κ2) is 6.34. The largest absolute Gasteiger partial charge is 0.368 e. The van der Waals surface area contributed by atoms with Gasteiger partial charge in [-0.3, -0.25) is 0 Å². The highest BCUT2D eigenvalue weighted by atomic mass is 15.1. The van der Waals surface area contributed by atoms with Crippen LogP contribution in [0.4, 0.5) is 17.6 Å². The van der Waals surface area contributed by atoms with Gasteiger partial charge in [0.2, 0.25) is 11.9 Å². The number of hydrogen-bond acceptors (Lipinski definition) is 5. The van der Waals surface area contributed by atoms with E-state index in [1.807, 2.05) is 48.5 Å². The standard InChI is InChI=1S/C19H14N6/c20-18-21-11-14(12-22-18)6-5-13-7-9-15(10-8-13)23-19-24-16-3-1-2-4-17(16)25-19/h1-4,7-12H,(H2,20,21,22)(H2,23,24,25). The number of aromatic nitrogens is 4. The predicted octanol–water partition coefficient (Wildman–Crippen LogP) is 3.08. The fourth-order valence-corrected chi connectivity index (χ4v) is 2.33. The first-order valence-electron chi connectivity index (χ1n) is 7.68. The van der Waals surface area contributed by atoms with Crippen molar-refractivity contribution < 1.29 is 0 Å². The summed E-state index contributed by atoms with van der Waals surface area (Å²) in [6.07, 6.45) is 3.21. The quantitative estimate of drug-likeness (QED) is 0.492. The molecule has 2 heterocycles. The number of rotatable bonds is 2. The van der Waals surface area contributed by atoms with E-state index in [0.29, 0.717) is 5.95 Å². The summed E-state index contributed by atoms with van der Waals surface area (Å²) in [6, 6.07) is 15.7. The van der Waals surface area contributed by atoms with Gasteiger partial charge in [0, 0.05) is 23.6 Å². The van der Waals surface area contributed by atoms with Crippen LogP contribution in [-0.4, -0.2) is 19.9 Å². The second-order valence-corrected chi connectivity index (χ2v) is 5.38. The molecule has 0 radical (unpaired) electrons. The van der Waals surface area contributed by atoms with Crippen LogP contribution in [0.15, 0.2) is 60.9 Å². The van der Waals surface area contributed by atoms with Crippen LogP contribution in [0, 0.1) is 11.8 Å². The monoisotopic (exact) mass is 326 g/mol. The number of nitrogen functional groups attached to an aromatic ring is 1. The third-order valence-electron chi connectivity index (χ3n) is 3.56. The first-order chi connectivity index (χ1) is 12.3. The number of anilines is 3. The molecule has 0 amide bonds. The van der Waals surface area contributed by atoms with Crippen LogP contribution in [0.25, 0.3) is 11.0 Å². The summed E-state index contributed by atoms with van der Waals surface area (Å²) in [7, 11) is 0. The summed E-state index contributed by atoms with van der Waals surface area (Å²) in [6.45, 7) is 0. The van der Waals surface area contributed by atoms with Gasteiger partial charge in [-0.2, -0.15) is 0 Å². The SMILES string of the molecule is Nc1ncc(C#Cc2ccc(Nc3nc4ccccc4[nH]3)cc2)cn1. The molecule has 0 unspecified atom stereocenters. The molecule has 4 aromatic rings. The molecule has 0 aliphatic carbocycles. The lowest BCUT2D eigenvalue weighted by atomic mass is 10.2. The Kier molecular flexibility index (Phi) is 3.73. The third kappa shape index (κ3) is 3.41. The molecule has 6 heteroatoms. The molecule has 25 heavy (non-hydrogen) atoms. The van der Waals surface area contributed by atoms with Gasteiger partial charge in [0.15, 0.2) is 0 Å². The molecule has 0 aliphatic rings. The van der Waals surface area contributed by atoms with Crippen molar-refractivity contribution in [1.29, 1.82) is 0 Å². The number of nitrogens with zero attached hydrogens (tertiary/aromatic N) is 3. The highest BCUT2D eigenvalue weighted by molar-refractivity contribution is 5.78. The van der Waals surface area contributed by atoms with E-state index < -0.39 is 0 Å². The molecule has 0 bridgehead atoms. The molecule has 0 atom stereocenters. The van der Waals surface area contributed by atoms with Gasteiger partial charge < -0.3 is 16.0 Å². The molecule has 6 nitrogen and oxygen atoms in total. The normalized spacial score (nSPS) is 10.2. The van der Waals surface area contributed by atoms with Crippen molar-refractivity contribution in [3.8, 4) is 11.8 Å². The summed E-state index contributed by atoms with van der Waals surface area (Å²) >= 11 is 0. The van der Waals surface area contributed by atoms with E-state index in [9.17, 15) is 0 Å². The second-order valence-electron chi connectivity index (χ2n) is 5.38. The van der Waals surface area contributed by atoms with E-state index in [-0.39, 0.29) is 5.95 Å². The number of benzene rings is 2. The zero-order chi connectivity index (χ0) is 17.1. The van der Waals surface area contributed by atoms with Crippen molar-refractivity contribution in [2.45, 2.75) is 0 Å². The summed E-state index contributed by atoms with van der Waals surface area (Å²) in [5.41, 5.74) is 9.93. The number of imidazole rings is 1. The first kappa shape index (κ1) is 14.7. The van der Waals surface area contributed by atoms with Gasteiger partial charge >= 0.3 is 0 Å². The van der Waals surface area contributed by atoms with Crippen LogP contribution in [-0.2, 0) is 0 Å². The Morgan fingerprint density at radius 3 is 2.36 bits per heavy atom. The lowest BCUT2D eigenvalue weighted by Gasteiger charge is -2.02. The molecular formula is C19H14N6. The van der Waals surface area contributed by atoms with Gasteiger partial charge in [0.05, 0.1) is 16.6 Å². The highest BCUT2D eigenvalue weighted by Gasteiger charge is 2.01. The number of aromatic amines is 1. The van der Waals surface area contributed by atoms with Crippen molar-refractivity contribution in [2.24, 2.45) is 0 Å². The van der Waals surface area contributed by atoms with Gasteiger partial charge in [-0.1, -0.05) is 24.0 Å². The molecule has 0 saturated heterocycles. The Morgan fingerprint density at radius 2 is 1.60 bits per heavy atom. The average Bonchev–Trinajstić information content (AvgIpc) is 3.05. The van der Waals surface area contributed by atoms with E-state index in [4.69, 9.17) is 5.73 Å². The molecule has 4 rings (SSSR count). The van der Waals surface area contributed by atoms with E-state index in [1.54, 1.807) is 12.4 Å². The van der Waals surface area contributed by atoms with Gasteiger partial charge in [-0.15, -0.1) is 0 Å².